The third-order valence-corrected chi connectivity index (χ3v) is 4.05. The van der Waals surface area contributed by atoms with Gasteiger partial charge in [0.2, 0.25) is 0 Å². The molecule has 0 bridgehead atoms. The number of rotatable bonds is 3. The zero-order valence-corrected chi connectivity index (χ0v) is 11.9. The summed E-state index contributed by atoms with van der Waals surface area (Å²) in [5.41, 5.74) is 1.86. The summed E-state index contributed by atoms with van der Waals surface area (Å²) in [4.78, 5) is 14.6. The van der Waals surface area contributed by atoms with Gasteiger partial charge < -0.3 is 14.6 Å². The van der Waals surface area contributed by atoms with Gasteiger partial charge in [0, 0.05) is 31.0 Å². The second-order valence-electron chi connectivity index (χ2n) is 5.58. The normalized spacial score (nSPS) is 19.4. The highest BCUT2D eigenvalue weighted by atomic mass is 16.2. The Balaban J connectivity index is 1.77. The molecule has 4 heteroatoms. The Kier molecular flexibility index (Phi) is 3.74. The first-order valence-electron chi connectivity index (χ1n) is 7.28. The molecule has 1 saturated heterocycles. The molecule has 1 atom stereocenters. The summed E-state index contributed by atoms with van der Waals surface area (Å²) in [6.07, 6.45) is 6.22. The standard InChI is InChI=1S/C16H21N3O/c1-17-10-13-5-4-8-19(11-13)16(20)14-9-15-6-2-3-7-18(15)12-14/h2-3,6-7,9,12-13,17H,4-5,8,10-11H2,1H3/t13-/m0/s1. The molecule has 106 valence electrons. The first-order chi connectivity index (χ1) is 9.78. The summed E-state index contributed by atoms with van der Waals surface area (Å²) in [5.74, 6) is 0.740. The monoisotopic (exact) mass is 271 g/mol. The van der Waals surface area contributed by atoms with Gasteiger partial charge >= 0.3 is 0 Å². The highest BCUT2D eigenvalue weighted by molar-refractivity contribution is 5.95. The molecule has 1 N–H and O–H groups in total. The fraction of sp³-hybridized carbons (Fsp3) is 0.438. The number of likely N-dealkylation sites (tertiary alicyclic amines) is 1. The van der Waals surface area contributed by atoms with E-state index in [1.54, 1.807) is 0 Å². The van der Waals surface area contributed by atoms with Crippen molar-refractivity contribution in [3.63, 3.8) is 0 Å². The van der Waals surface area contributed by atoms with Gasteiger partial charge in [-0.25, -0.2) is 0 Å². The van der Waals surface area contributed by atoms with Crippen molar-refractivity contribution < 1.29 is 4.79 Å². The van der Waals surface area contributed by atoms with Gasteiger partial charge in [0.05, 0.1) is 5.56 Å². The summed E-state index contributed by atoms with van der Waals surface area (Å²) >= 11 is 0. The Hall–Kier alpha value is -1.81. The van der Waals surface area contributed by atoms with Crippen molar-refractivity contribution in [2.75, 3.05) is 26.7 Å². The number of piperidine rings is 1. The third kappa shape index (κ3) is 2.56. The summed E-state index contributed by atoms with van der Waals surface area (Å²) < 4.78 is 2.00. The van der Waals surface area contributed by atoms with Crippen LogP contribution in [0.25, 0.3) is 5.52 Å². The molecule has 1 amide bonds. The van der Waals surface area contributed by atoms with Crippen LogP contribution in [0, 0.1) is 5.92 Å². The quantitative estimate of drug-likeness (QED) is 0.927. The molecule has 2 aromatic heterocycles. The smallest absolute Gasteiger partial charge is 0.255 e. The van der Waals surface area contributed by atoms with Crippen molar-refractivity contribution in [1.29, 1.82) is 0 Å². The van der Waals surface area contributed by atoms with Crippen molar-refractivity contribution in [3.05, 3.63) is 42.2 Å². The van der Waals surface area contributed by atoms with Crippen LogP contribution in [0.3, 0.4) is 0 Å². The zero-order valence-electron chi connectivity index (χ0n) is 11.9. The largest absolute Gasteiger partial charge is 0.338 e. The first-order valence-corrected chi connectivity index (χ1v) is 7.28. The van der Waals surface area contributed by atoms with Crippen LogP contribution >= 0.6 is 0 Å². The van der Waals surface area contributed by atoms with Crippen LogP contribution in [0.1, 0.15) is 23.2 Å². The maximum atomic E-state index is 12.6. The van der Waals surface area contributed by atoms with E-state index in [9.17, 15) is 4.79 Å². The number of fused-ring (bicyclic) bond motifs is 1. The Morgan fingerprint density at radius 3 is 3.15 bits per heavy atom. The lowest BCUT2D eigenvalue weighted by atomic mass is 9.97. The van der Waals surface area contributed by atoms with Crippen LogP contribution in [-0.4, -0.2) is 41.9 Å². The third-order valence-electron chi connectivity index (χ3n) is 4.05. The van der Waals surface area contributed by atoms with Crippen LogP contribution in [0.5, 0.6) is 0 Å². The summed E-state index contributed by atoms with van der Waals surface area (Å²) in [6, 6.07) is 7.97. The van der Waals surface area contributed by atoms with Gasteiger partial charge in [-0.1, -0.05) is 6.07 Å². The number of carbonyl (C=O) groups is 1. The minimum absolute atomic E-state index is 0.162. The van der Waals surface area contributed by atoms with E-state index in [0.29, 0.717) is 5.92 Å². The Labute approximate surface area is 119 Å². The number of nitrogens with zero attached hydrogens (tertiary/aromatic N) is 2. The lowest BCUT2D eigenvalue weighted by molar-refractivity contribution is 0.0674. The second-order valence-corrected chi connectivity index (χ2v) is 5.58. The summed E-state index contributed by atoms with van der Waals surface area (Å²) in [7, 11) is 1.97. The van der Waals surface area contributed by atoms with E-state index in [0.717, 1.165) is 37.1 Å². The number of aromatic nitrogens is 1. The molecule has 3 rings (SSSR count). The SMILES string of the molecule is CNC[C@@H]1CCCN(C(=O)c2cc3ccccn3c2)C1. The van der Waals surface area contributed by atoms with Gasteiger partial charge in [-0.05, 0) is 50.6 Å². The molecule has 3 heterocycles. The van der Waals surface area contributed by atoms with E-state index >= 15 is 0 Å². The number of nitrogens with one attached hydrogen (secondary N) is 1. The predicted molar refractivity (Wildman–Crippen MR) is 80.0 cm³/mol. The number of hydrogen-bond donors (Lipinski definition) is 1. The van der Waals surface area contributed by atoms with Gasteiger partial charge in [0.1, 0.15) is 0 Å². The van der Waals surface area contributed by atoms with Crippen LogP contribution in [0.4, 0.5) is 0 Å². The van der Waals surface area contributed by atoms with Gasteiger partial charge in [0.15, 0.2) is 0 Å². The number of amides is 1. The van der Waals surface area contributed by atoms with Crippen LogP contribution < -0.4 is 5.32 Å². The van der Waals surface area contributed by atoms with Gasteiger partial charge in [0.25, 0.3) is 5.91 Å². The van der Waals surface area contributed by atoms with E-state index in [4.69, 9.17) is 0 Å². The lowest BCUT2D eigenvalue weighted by Gasteiger charge is -2.32. The minimum Gasteiger partial charge on any atom is -0.338 e. The molecule has 0 aliphatic carbocycles. The lowest BCUT2D eigenvalue weighted by Crippen LogP contribution is -2.42. The van der Waals surface area contributed by atoms with Crippen molar-refractivity contribution >= 4 is 11.4 Å². The number of carbonyl (C=O) groups excluding carboxylic acids is 1. The van der Waals surface area contributed by atoms with Crippen LogP contribution in [0.2, 0.25) is 0 Å². The maximum Gasteiger partial charge on any atom is 0.255 e. The van der Waals surface area contributed by atoms with Crippen molar-refractivity contribution in [2.45, 2.75) is 12.8 Å². The summed E-state index contributed by atoms with van der Waals surface area (Å²) in [6.45, 7) is 2.73. The van der Waals surface area contributed by atoms with E-state index in [1.807, 2.05) is 53.0 Å². The fourth-order valence-electron chi connectivity index (χ4n) is 3.06. The van der Waals surface area contributed by atoms with Crippen molar-refractivity contribution in [1.82, 2.24) is 14.6 Å². The minimum atomic E-state index is 0.162. The highest BCUT2D eigenvalue weighted by Crippen LogP contribution is 2.19. The molecule has 1 aliphatic heterocycles. The second kappa shape index (κ2) is 5.67. The van der Waals surface area contributed by atoms with Crippen LogP contribution in [0.15, 0.2) is 36.7 Å². The molecule has 20 heavy (non-hydrogen) atoms. The molecule has 2 aromatic rings. The maximum absolute atomic E-state index is 12.6. The zero-order chi connectivity index (χ0) is 13.9. The van der Waals surface area contributed by atoms with E-state index in [-0.39, 0.29) is 5.91 Å². The molecule has 0 unspecified atom stereocenters. The van der Waals surface area contributed by atoms with E-state index in [1.165, 1.54) is 6.42 Å². The molecule has 0 radical (unpaired) electrons. The highest BCUT2D eigenvalue weighted by Gasteiger charge is 2.24. The summed E-state index contributed by atoms with van der Waals surface area (Å²) in [5, 5.41) is 3.22. The van der Waals surface area contributed by atoms with Gasteiger partial charge in [-0.2, -0.15) is 0 Å². The van der Waals surface area contributed by atoms with Crippen LogP contribution in [-0.2, 0) is 0 Å². The Morgan fingerprint density at radius 2 is 2.35 bits per heavy atom. The molecule has 0 saturated carbocycles. The van der Waals surface area contributed by atoms with Crippen molar-refractivity contribution in [3.8, 4) is 0 Å². The average Bonchev–Trinajstić information content (AvgIpc) is 2.91. The average molecular weight is 271 g/mol. The topological polar surface area (TPSA) is 36.8 Å². The van der Waals surface area contributed by atoms with Gasteiger partial charge in [-0.3, -0.25) is 4.79 Å². The fourth-order valence-corrected chi connectivity index (χ4v) is 3.06. The molecular weight excluding hydrogens is 250 g/mol. The number of pyridine rings is 1. The first kappa shape index (κ1) is 13.2. The van der Waals surface area contributed by atoms with Gasteiger partial charge in [-0.15, -0.1) is 0 Å². The Bertz CT molecular complexity index is 570. The molecule has 1 fully saturated rings. The van der Waals surface area contributed by atoms with E-state index in [2.05, 4.69) is 5.32 Å². The molecule has 0 aromatic carbocycles. The molecule has 0 spiro atoms. The van der Waals surface area contributed by atoms with E-state index < -0.39 is 0 Å². The van der Waals surface area contributed by atoms with Crippen molar-refractivity contribution in [2.24, 2.45) is 5.92 Å². The molecular formula is C16H21N3O. The molecule has 4 nitrogen and oxygen atoms in total. The predicted octanol–water partition coefficient (Wildman–Crippen LogP) is 2.01. The Morgan fingerprint density at radius 1 is 1.45 bits per heavy atom. The number of hydrogen-bond acceptors (Lipinski definition) is 2. The molecule has 1 aliphatic rings.